The lowest BCUT2D eigenvalue weighted by molar-refractivity contribution is -0.136. The summed E-state index contributed by atoms with van der Waals surface area (Å²) in [4.78, 5) is 21.6. The third-order valence-corrected chi connectivity index (χ3v) is 4.25. The maximum atomic E-state index is 11.4. The predicted octanol–water partition coefficient (Wildman–Crippen LogP) is 6.05. The Morgan fingerprint density at radius 2 is 1.86 bits per heavy atom. The monoisotopic (exact) mass is 386 g/mol. The normalized spacial score (nSPS) is 12.1. The number of methoxy groups -OCH3 is 1. The van der Waals surface area contributed by atoms with E-state index >= 15 is 0 Å². The zero-order valence-electron chi connectivity index (χ0n) is 17.6. The number of rotatable bonds is 10. The van der Waals surface area contributed by atoms with Gasteiger partial charge in [0.15, 0.2) is 0 Å². The van der Waals surface area contributed by atoms with Gasteiger partial charge in [0.2, 0.25) is 0 Å². The molecule has 0 spiro atoms. The van der Waals surface area contributed by atoms with E-state index in [1.165, 1.54) is 13.5 Å². The molecule has 0 heterocycles. The van der Waals surface area contributed by atoms with E-state index in [9.17, 15) is 14.7 Å². The van der Waals surface area contributed by atoms with Crippen molar-refractivity contribution in [2.45, 2.75) is 52.9 Å². The second kappa shape index (κ2) is 15.4. The summed E-state index contributed by atoms with van der Waals surface area (Å²) in [5.74, 6) is -0.680. The lowest BCUT2D eigenvalue weighted by Gasteiger charge is -2.14. The van der Waals surface area contributed by atoms with Crippen LogP contribution in [0, 0.1) is 5.92 Å². The number of hydrogen-bond donors (Lipinski definition) is 1. The summed E-state index contributed by atoms with van der Waals surface area (Å²) in [6.07, 6.45) is 10.7. The Morgan fingerprint density at radius 1 is 1.21 bits per heavy atom. The van der Waals surface area contributed by atoms with Gasteiger partial charge < -0.3 is 9.84 Å². The molecule has 1 aromatic rings. The molecule has 0 saturated carbocycles. The van der Waals surface area contributed by atoms with E-state index in [-0.39, 0.29) is 5.97 Å². The molecule has 1 aromatic carbocycles. The predicted molar refractivity (Wildman–Crippen MR) is 116 cm³/mol. The largest absolute Gasteiger partial charge is 0.478 e. The molecule has 0 aliphatic rings. The first-order valence-corrected chi connectivity index (χ1v) is 9.74. The Labute approximate surface area is 169 Å². The molecular formula is C24H34O4. The van der Waals surface area contributed by atoms with Crippen LogP contribution in [0.25, 0.3) is 6.08 Å². The molecule has 0 aromatic heterocycles. The number of aliphatic carboxylic acids is 1. The quantitative estimate of drug-likeness (QED) is 0.302. The second-order valence-electron chi connectivity index (χ2n) is 6.66. The highest BCUT2D eigenvalue weighted by Gasteiger charge is 2.13. The summed E-state index contributed by atoms with van der Waals surface area (Å²) < 4.78 is 4.27. The van der Waals surface area contributed by atoms with Crippen molar-refractivity contribution in [1.82, 2.24) is 0 Å². The first-order valence-electron chi connectivity index (χ1n) is 9.74. The zero-order chi connectivity index (χ0) is 21.4. The van der Waals surface area contributed by atoms with Crippen LogP contribution in [0.15, 0.2) is 60.2 Å². The van der Waals surface area contributed by atoms with Crippen LogP contribution in [0.1, 0.15) is 58.4 Å². The molecule has 4 heteroatoms. The molecular weight excluding hydrogens is 352 g/mol. The minimum atomic E-state index is -0.803. The van der Waals surface area contributed by atoms with Crippen molar-refractivity contribution in [3.8, 4) is 0 Å². The fourth-order valence-corrected chi connectivity index (χ4v) is 2.49. The van der Waals surface area contributed by atoms with Crippen molar-refractivity contribution in [2.75, 3.05) is 7.11 Å². The minimum absolute atomic E-state index is 0.347. The van der Waals surface area contributed by atoms with Crippen LogP contribution in [0.2, 0.25) is 0 Å². The molecule has 0 saturated heterocycles. The Bertz CT molecular complexity index is 656. The van der Waals surface area contributed by atoms with E-state index in [0.717, 1.165) is 24.8 Å². The lowest BCUT2D eigenvalue weighted by atomic mass is 9.91. The van der Waals surface area contributed by atoms with Gasteiger partial charge in [-0.3, -0.25) is 0 Å². The number of carboxylic acids is 1. The van der Waals surface area contributed by atoms with Crippen LogP contribution in [0.3, 0.4) is 0 Å². The minimum Gasteiger partial charge on any atom is -0.478 e. The summed E-state index contributed by atoms with van der Waals surface area (Å²) in [6.45, 7) is 9.26. The molecule has 0 amide bonds. The molecule has 0 radical (unpaired) electrons. The van der Waals surface area contributed by atoms with Crippen LogP contribution >= 0.6 is 0 Å². The molecule has 0 aliphatic carbocycles. The highest BCUT2D eigenvalue weighted by atomic mass is 16.5. The molecule has 0 aliphatic heterocycles. The summed E-state index contributed by atoms with van der Waals surface area (Å²) >= 11 is 0. The van der Waals surface area contributed by atoms with Crippen molar-refractivity contribution >= 4 is 18.0 Å². The first kappa shape index (κ1) is 25.4. The third kappa shape index (κ3) is 11.9. The Balaban J connectivity index is 0.000000887. The number of carbonyl (C=O) groups is 2. The van der Waals surface area contributed by atoms with Gasteiger partial charge in [-0.2, -0.15) is 0 Å². The number of unbranched alkanes of at least 4 members (excludes halogenated alkanes) is 1. The van der Waals surface area contributed by atoms with E-state index < -0.39 is 5.97 Å². The highest BCUT2D eigenvalue weighted by Crippen LogP contribution is 2.21. The van der Waals surface area contributed by atoms with Crippen LogP contribution in [0.5, 0.6) is 0 Å². The number of carboxylic acid groups (broad SMARTS) is 1. The smallest absolute Gasteiger partial charge is 0.332 e. The third-order valence-electron chi connectivity index (χ3n) is 4.25. The molecule has 1 atom stereocenters. The maximum absolute atomic E-state index is 11.4. The SMILES string of the molecule is C=C(C)C(=O)OC.CCCCC(CC)CC(=CC=Cc1ccccc1)C(=O)O. The van der Waals surface area contributed by atoms with Gasteiger partial charge in [-0.15, -0.1) is 0 Å². The average molecular weight is 387 g/mol. The van der Waals surface area contributed by atoms with E-state index in [2.05, 4.69) is 25.2 Å². The van der Waals surface area contributed by atoms with E-state index in [4.69, 9.17) is 0 Å². The molecule has 4 nitrogen and oxygen atoms in total. The zero-order valence-corrected chi connectivity index (χ0v) is 17.6. The highest BCUT2D eigenvalue weighted by molar-refractivity contribution is 5.87. The first-order chi connectivity index (χ1) is 13.3. The van der Waals surface area contributed by atoms with Gasteiger partial charge >= 0.3 is 11.9 Å². The van der Waals surface area contributed by atoms with Crippen LogP contribution in [-0.2, 0) is 14.3 Å². The fraction of sp³-hybridized carbons (Fsp3) is 0.417. The van der Waals surface area contributed by atoms with Gasteiger partial charge in [-0.05, 0) is 24.8 Å². The molecule has 154 valence electrons. The van der Waals surface area contributed by atoms with Crippen molar-refractivity contribution in [3.05, 3.63) is 65.8 Å². The van der Waals surface area contributed by atoms with Crippen LogP contribution in [-0.4, -0.2) is 24.2 Å². The van der Waals surface area contributed by atoms with Gasteiger partial charge in [-0.1, -0.05) is 94.7 Å². The molecule has 0 fully saturated rings. The van der Waals surface area contributed by atoms with Gasteiger partial charge in [0.1, 0.15) is 0 Å². The van der Waals surface area contributed by atoms with Gasteiger partial charge in [-0.25, -0.2) is 9.59 Å². The van der Waals surface area contributed by atoms with Gasteiger partial charge in [0.05, 0.1) is 7.11 Å². The molecule has 28 heavy (non-hydrogen) atoms. The van der Waals surface area contributed by atoms with Gasteiger partial charge in [0.25, 0.3) is 0 Å². The van der Waals surface area contributed by atoms with Crippen molar-refractivity contribution in [1.29, 1.82) is 0 Å². The summed E-state index contributed by atoms with van der Waals surface area (Å²) in [5.41, 5.74) is 2.02. The van der Waals surface area contributed by atoms with Crippen molar-refractivity contribution in [3.63, 3.8) is 0 Å². The van der Waals surface area contributed by atoms with E-state index in [1.807, 2.05) is 42.5 Å². The number of esters is 1. The van der Waals surface area contributed by atoms with E-state index in [1.54, 1.807) is 13.0 Å². The van der Waals surface area contributed by atoms with Crippen LogP contribution in [0.4, 0.5) is 0 Å². The lowest BCUT2D eigenvalue weighted by Crippen LogP contribution is -2.07. The average Bonchev–Trinajstić information content (AvgIpc) is 2.70. The number of ether oxygens (including phenoxy) is 1. The number of hydrogen-bond acceptors (Lipinski definition) is 3. The summed E-state index contributed by atoms with van der Waals surface area (Å²) in [7, 11) is 1.33. The topological polar surface area (TPSA) is 63.6 Å². The Hall–Kier alpha value is -2.62. The van der Waals surface area contributed by atoms with Crippen molar-refractivity contribution < 1.29 is 19.4 Å². The maximum Gasteiger partial charge on any atom is 0.332 e. The summed E-state index contributed by atoms with van der Waals surface area (Å²) in [5, 5.41) is 9.34. The van der Waals surface area contributed by atoms with Gasteiger partial charge in [0, 0.05) is 11.1 Å². The van der Waals surface area contributed by atoms with Crippen molar-refractivity contribution in [2.24, 2.45) is 5.92 Å². The second-order valence-corrected chi connectivity index (χ2v) is 6.66. The number of benzene rings is 1. The van der Waals surface area contributed by atoms with E-state index in [0.29, 0.717) is 23.5 Å². The number of allylic oxidation sites excluding steroid dienone is 2. The Morgan fingerprint density at radius 3 is 2.29 bits per heavy atom. The fourth-order valence-electron chi connectivity index (χ4n) is 2.49. The molecule has 0 bridgehead atoms. The number of carbonyl (C=O) groups excluding carboxylic acids is 1. The molecule has 1 unspecified atom stereocenters. The van der Waals surface area contributed by atoms with Crippen LogP contribution < -0.4 is 0 Å². The standard InChI is InChI=1S/C19H26O2.C5H8O2/c1-3-5-10-16(4-2)15-18(19(20)21)14-9-13-17-11-7-6-8-12-17;1-4(2)5(6)7-3/h6-9,11-14,16H,3-5,10,15H2,1-2H3,(H,20,21);1H2,2-3H3. The molecule has 1 N–H and O–H groups in total. The summed E-state index contributed by atoms with van der Waals surface area (Å²) in [6, 6.07) is 9.91. The molecule has 1 rings (SSSR count). The Kier molecular flexibility index (Phi) is 14.0.